The fourth-order valence-corrected chi connectivity index (χ4v) is 1.62. The first kappa shape index (κ1) is 12.8. The molecule has 1 aromatic heterocycles. The van der Waals surface area contributed by atoms with Gasteiger partial charge in [0.05, 0.1) is 0 Å². The van der Waals surface area contributed by atoms with Crippen LogP contribution >= 0.6 is 0 Å². The Balaban J connectivity index is 2.09. The number of hydrogen-bond acceptors (Lipinski definition) is 3. The first-order valence-electron chi connectivity index (χ1n) is 6.02. The van der Waals surface area contributed by atoms with Crippen LogP contribution in [0, 0.1) is 12.3 Å². The van der Waals surface area contributed by atoms with Crippen molar-refractivity contribution in [1.82, 2.24) is 15.2 Å². The number of rotatable bonds is 4. The van der Waals surface area contributed by atoms with Gasteiger partial charge in [-0.3, -0.25) is 9.89 Å². The number of hydrogen-bond donors (Lipinski definition) is 2. The monoisotopic (exact) mass is 254 g/mol. The third kappa shape index (κ3) is 3.19. The molecular weight excluding hydrogens is 240 g/mol. The van der Waals surface area contributed by atoms with Crippen LogP contribution in [-0.4, -0.2) is 21.1 Å². The molecule has 1 heterocycles. The predicted molar refractivity (Wildman–Crippen MR) is 72.7 cm³/mol. The second-order valence-corrected chi connectivity index (χ2v) is 4.03. The molecule has 19 heavy (non-hydrogen) atoms. The zero-order valence-electron chi connectivity index (χ0n) is 10.6. The van der Waals surface area contributed by atoms with E-state index in [0.29, 0.717) is 17.1 Å². The summed E-state index contributed by atoms with van der Waals surface area (Å²) in [6.45, 7) is 2.04. The highest BCUT2D eigenvalue weighted by molar-refractivity contribution is 6.01. The van der Waals surface area contributed by atoms with Gasteiger partial charge in [0.2, 0.25) is 5.82 Å². The molecule has 0 fully saturated rings. The number of amides is 1. The van der Waals surface area contributed by atoms with Crippen LogP contribution < -0.4 is 5.32 Å². The maximum absolute atomic E-state index is 11.9. The average molecular weight is 254 g/mol. The van der Waals surface area contributed by atoms with Gasteiger partial charge in [-0.25, -0.2) is 4.98 Å². The van der Waals surface area contributed by atoms with Crippen molar-refractivity contribution in [1.29, 1.82) is 0 Å². The second kappa shape index (κ2) is 5.83. The summed E-state index contributed by atoms with van der Waals surface area (Å²) in [6, 6.07) is 7.06. The number of H-pyrrole nitrogens is 1. The fourth-order valence-electron chi connectivity index (χ4n) is 1.62. The molecule has 0 unspecified atom stereocenters. The van der Waals surface area contributed by atoms with Gasteiger partial charge in [0, 0.05) is 17.7 Å². The highest BCUT2D eigenvalue weighted by atomic mass is 16.2. The van der Waals surface area contributed by atoms with E-state index in [1.54, 1.807) is 24.3 Å². The molecule has 0 saturated carbocycles. The Morgan fingerprint density at radius 1 is 1.53 bits per heavy atom. The van der Waals surface area contributed by atoms with Gasteiger partial charge in [0.1, 0.15) is 5.82 Å². The summed E-state index contributed by atoms with van der Waals surface area (Å²) in [5, 5.41) is 9.34. The Kier molecular flexibility index (Phi) is 3.94. The van der Waals surface area contributed by atoms with Crippen LogP contribution in [0.3, 0.4) is 0 Å². The molecule has 96 valence electrons. The zero-order chi connectivity index (χ0) is 13.7. The van der Waals surface area contributed by atoms with Crippen LogP contribution in [0.15, 0.2) is 24.3 Å². The number of anilines is 1. The minimum atomic E-state index is -0.354. The van der Waals surface area contributed by atoms with E-state index in [1.807, 2.05) is 6.92 Å². The molecule has 0 radical (unpaired) electrons. The van der Waals surface area contributed by atoms with Crippen molar-refractivity contribution < 1.29 is 4.79 Å². The number of aromatic nitrogens is 3. The lowest BCUT2D eigenvalue weighted by atomic mass is 10.2. The molecule has 2 rings (SSSR count). The van der Waals surface area contributed by atoms with E-state index in [-0.39, 0.29) is 11.7 Å². The minimum absolute atomic E-state index is 0.134. The molecule has 1 aromatic carbocycles. The van der Waals surface area contributed by atoms with Gasteiger partial charge < -0.3 is 5.32 Å². The first-order valence-corrected chi connectivity index (χ1v) is 6.02. The number of nitrogens with zero attached hydrogens (tertiary/aromatic N) is 2. The largest absolute Gasteiger partial charge is 0.319 e. The Morgan fingerprint density at radius 3 is 3.11 bits per heavy atom. The van der Waals surface area contributed by atoms with E-state index in [0.717, 1.165) is 12.8 Å². The lowest BCUT2D eigenvalue weighted by Crippen LogP contribution is -2.13. The Bertz CT molecular complexity index is 624. The van der Waals surface area contributed by atoms with Gasteiger partial charge in [-0.15, -0.1) is 11.5 Å². The fraction of sp³-hybridized carbons (Fsp3) is 0.214. The molecule has 1 amide bonds. The highest BCUT2D eigenvalue weighted by Gasteiger charge is 2.12. The van der Waals surface area contributed by atoms with Gasteiger partial charge in [-0.05, 0) is 24.6 Å². The number of carbonyl (C=O) groups is 1. The van der Waals surface area contributed by atoms with Gasteiger partial charge in [-0.2, -0.15) is 0 Å². The van der Waals surface area contributed by atoms with Gasteiger partial charge in [0.25, 0.3) is 5.91 Å². The lowest BCUT2D eigenvalue weighted by molar-refractivity contribution is 0.101. The standard InChI is InChI=1S/C14H14N4O/c1-3-6-12-16-13(18-17-12)14(19)15-11-8-5-7-10(4-2)9-11/h2,5,7-9H,3,6H2,1H3,(H,15,19)(H,16,17,18). The van der Waals surface area contributed by atoms with Crippen LogP contribution in [0.4, 0.5) is 5.69 Å². The van der Waals surface area contributed by atoms with Crippen molar-refractivity contribution in [2.75, 3.05) is 5.32 Å². The molecule has 2 aromatic rings. The van der Waals surface area contributed by atoms with Crippen molar-refractivity contribution in [3.05, 3.63) is 41.5 Å². The molecular formula is C14H14N4O. The molecule has 0 saturated heterocycles. The van der Waals surface area contributed by atoms with E-state index in [9.17, 15) is 4.79 Å². The summed E-state index contributed by atoms with van der Waals surface area (Å²) >= 11 is 0. The van der Waals surface area contributed by atoms with E-state index < -0.39 is 0 Å². The maximum atomic E-state index is 11.9. The van der Waals surface area contributed by atoms with E-state index in [1.165, 1.54) is 0 Å². The van der Waals surface area contributed by atoms with Crippen LogP contribution in [0.2, 0.25) is 0 Å². The summed E-state index contributed by atoms with van der Waals surface area (Å²) in [5.74, 6) is 3.01. The summed E-state index contributed by atoms with van der Waals surface area (Å²) < 4.78 is 0. The molecule has 5 heteroatoms. The molecule has 0 bridgehead atoms. The van der Waals surface area contributed by atoms with Crippen molar-refractivity contribution in [2.45, 2.75) is 19.8 Å². The number of aryl methyl sites for hydroxylation is 1. The highest BCUT2D eigenvalue weighted by Crippen LogP contribution is 2.10. The van der Waals surface area contributed by atoms with Crippen molar-refractivity contribution in [3.63, 3.8) is 0 Å². The Hall–Kier alpha value is -2.61. The van der Waals surface area contributed by atoms with Crippen molar-refractivity contribution in [2.24, 2.45) is 0 Å². The number of benzene rings is 1. The molecule has 0 aliphatic heterocycles. The van der Waals surface area contributed by atoms with Crippen LogP contribution in [0.25, 0.3) is 0 Å². The SMILES string of the molecule is C#Cc1cccc(NC(=O)c2n[nH]c(CCC)n2)c1. The van der Waals surface area contributed by atoms with Crippen LogP contribution in [0.1, 0.15) is 35.4 Å². The lowest BCUT2D eigenvalue weighted by Gasteiger charge is -2.02. The minimum Gasteiger partial charge on any atom is -0.319 e. The van der Waals surface area contributed by atoms with Gasteiger partial charge in [0.15, 0.2) is 0 Å². The third-order valence-electron chi connectivity index (χ3n) is 2.51. The predicted octanol–water partition coefficient (Wildman–Crippen LogP) is 1.99. The van der Waals surface area contributed by atoms with E-state index in [4.69, 9.17) is 6.42 Å². The summed E-state index contributed by atoms with van der Waals surface area (Å²) in [4.78, 5) is 16.0. The zero-order valence-corrected chi connectivity index (χ0v) is 10.6. The third-order valence-corrected chi connectivity index (χ3v) is 2.51. The molecule has 0 atom stereocenters. The average Bonchev–Trinajstić information content (AvgIpc) is 2.88. The quantitative estimate of drug-likeness (QED) is 0.820. The topological polar surface area (TPSA) is 70.7 Å². The number of terminal acetylenes is 1. The van der Waals surface area contributed by atoms with Crippen LogP contribution in [0.5, 0.6) is 0 Å². The molecule has 0 aliphatic rings. The smallest absolute Gasteiger partial charge is 0.295 e. The summed E-state index contributed by atoms with van der Waals surface area (Å²) in [6.07, 6.45) is 7.02. The van der Waals surface area contributed by atoms with Crippen molar-refractivity contribution >= 4 is 11.6 Å². The van der Waals surface area contributed by atoms with Crippen LogP contribution in [-0.2, 0) is 6.42 Å². The summed E-state index contributed by atoms with van der Waals surface area (Å²) in [5.41, 5.74) is 1.33. The molecule has 2 N–H and O–H groups in total. The maximum Gasteiger partial charge on any atom is 0.295 e. The first-order chi connectivity index (χ1) is 9.22. The van der Waals surface area contributed by atoms with Gasteiger partial charge >= 0.3 is 0 Å². The van der Waals surface area contributed by atoms with Gasteiger partial charge in [-0.1, -0.05) is 18.9 Å². The van der Waals surface area contributed by atoms with Crippen molar-refractivity contribution in [3.8, 4) is 12.3 Å². The normalized spacial score (nSPS) is 9.89. The molecule has 5 nitrogen and oxygen atoms in total. The molecule has 0 aliphatic carbocycles. The number of aromatic amines is 1. The second-order valence-electron chi connectivity index (χ2n) is 4.03. The number of nitrogens with one attached hydrogen (secondary N) is 2. The summed E-state index contributed by atoms with van der Waals surface area (Å²) in [7, 11) is 0. The van der Waals surface area contributed by atoms with E-state index >= 15 is 0 Å². The number of carbonyl (C=O) groups excluding carboxylic acids is 1. The Labute approximate surface area is 111 Å². The van der Waals surface area contributed by atoms with E-state index in [2.05, 4.69) is 26.4 Å². The Morgan fingerprint density at radius 2 is 2.37 bits per heavy atom. The molecule has 0 spiro atoms.